The number of hydrogen-bond donors (Lipinski definition) is 1. The molecule has 0 bridgehead atoms. The van der Waals surface area contributed by atoms with E-state index in [1.165, 1.54) is 43.4 Å². The Morgan fingerprint density at radius 1 is 1.04 bits per heavy atom. The molecule has 2 aliphatic rings. The van der Waals surface area contributed by atoms with Crippen LogP contribution < -0.4 is 10.2 Å². The molecule has 2 aromatic rings. The Morgan fingerprint density at radius 3 is 2.57 bits per heavy atom. The van der Waals surface area contributed by atoms with Crippen molar-refractivity contribution < 1.29 is 4.79 Å². The number of aryl methyl sites for hydroxylation is 1. The average Bonchev–Trinajstić information content (AvgIpc) is 2.74. The Hall–Kier alpha value is -2.56. The van der Waals surface area contributed by atoms with Crippen LogP contribution in [0.15, 0.2) is 42.6 Å². The lowest BCUT2D eigenvalue weighted by Gasteiger charge is -2.36. The summed E-state index contributed by atoms with van der Waals surface area (Å²) >= 11 is 0. The van der Waals surface area contributed by atoms with Gasteiger partial charge in [-0.25, -0.2) is 0 Å². The summed E-state index contributed by atoms with van der Waals surface area (Å²) in [5, 5.41) is 3.59. The molecule has 148 valence electrons. The Morgan fingerprint density at radius 2 is 1.82 bits per heavy atom. The van der Waals surface area contributed by atoms with Gasteiger partial charge in [-0.2, -0.15) is 0 Å². The van der Waals surface area contributed by atoms with Crippen LogP contribution in [0.5, 0.6) is 0 Å². The number of benzene rings is 1. The quantitative estimate of drug-likeness (QED) is 0.870. The number of rotatable bonds is 4. The molecule has 0 spiro atoms. The normalized spacial score (nSPS) is 18.2. The number of nitrogens with zero attached hydrogens (tertiary/aromatic N) is 3. The van der Waals surface area contributed by atoms with Gasteiger partial charge < -0.3 is 15.1 Å². The molecule has 2 heterocycles. The predicted molar refractivity (Wildman–Crippen MR) is 114 cm³/mol. The molecule has 1 aliphatic heterocycles. The third kappa shape index (κ3) is 4.46. The highest BCUT2D eigenvalue weighted by atomic mass is 16.2. The molecule has 0 atom stereocenters. The molecule has 28 heavy (non-hydrogen) atoms. The largest absolute Gasteiger partial charge is 0.382 e. The summed E-state index contributed by atoms with van der Waals surface area (Å²) in [6, 6.07) is 13.0. The lowest BCUT2D eigenvalue weighted by molar-refractivity contribution is 0.0741. The van der Waals surface area contributed by atoms with E-state index >= 15 is 0 Å². The Bertz CT molecular complexity index is 808. The number of anilines is 2. The lowest BCUT2D eigenvalue weighted by atomic mass is 9.95. The van der Waals surface area contributed by atoms with Crippen LogP contribution in [-0.2, 0) is 0 Å². The van der Waals surface area contributed by atoms with E-state index in [9.17, 15) is 4.79 Å². The van der Waals surface area contributed by atoms with Crippen molar-refractivity contribution in [3.05, 3.63) is 53.9 Å². The van der Waals surface area contributed by atoms with Crippen LogP contribution in [0.25, 0.3) is 0 Å². The number of hydrogen-bond acceptors (Lipinski definition) is 4. The zero-order chi connectivity index (χ0) is 19.3. The van der Waals surface area contributed by atoms with Gasteiger partial charge in [0.2, 0.25) is 0 Å². The van der Waals surface area contributed by atoms with E-state index in [1.54, 1.807) is 6.20 Å². The van der Waals surface area contributed by atoms with E-state index in [0.717, 1.165) is 31.9 Å². The Balaban J connectivity index is 1.36. The van der Waals surface area contributed by atoms with Gasteiger partial charge in [0.15, 0.2) is 0 Å². The Kier molecular flexibility index (Phi) is 5.79. The maximum Gasteiger partial charge on any atom is 0.272 e. The van der Waals surface area contributed by atoms with Crippen molar-refractivity contribution in [3.8, 4) is 0 Å². The minimum absolute atomic E-state index is 0.0381. The number of carbonyl (C=O) groups is 1. The smallest absolute Gasteiger partial charge is 0.272 e. The number of amides is 1. The van der Waals surface area contributed by atoms with Gasteiger partial charge in [0, 0.05) is 49.8 Å². The topological polar surface area (TPSA) is 48.5 Å². The summed E-state index contributed by atoms with van der Waals surface area (Å²) in [6.45, 7) is 5.29. The third-order valence-electron chi connectivity index (χ3n) is 5.89. The monoisotopic (exact) mass is 378 g/mol. The van der Waals surface area contributed by atoms with Crippen LogP contribution in [0, 0.1) is 6.92 Å². The molecule has 1 saturated heterocycles. The van der Waals surface area contributed by atoms with Gasteiger partial charge in [-0.3, -0.25) is 9.78 Å². The second-order valence-electron chi connectivity index (χ2n) is 8.03. The number of aromatic nitrogens is 1. The van der Waals surface area contributed by atoms with Crippen LogP contribution in [0.3, 0.4) is 0 Å². The van der Waals surface area contributed by atoms with Gasteiger partial charge in [0.05, 0.1) is 0 Å². The van der Waals surface area contributed by atoms with E-state index in [-0.39, 0.29) is 5.91 Å². The van der Waals surface area contributed by atoms with Crippen molar-refractivity contribution >= 4 is 17.3 Å². The minimum atomic E-state index is 0.0381. The van der Waals surface area contributed by atoms with Crippen LogP contribution in [0.2, 0.25) is 0 Å². The van der Waals surface area contributed by atoms with E-state index in [4.69, 9.17) is 0 Å². The molecule has 1 aromatic carbocycles. The summed E-state index contributed by atoms with van der Waals surface area (Å²) in [6.07, 6.45) is 8.10. The van der Waals surface area contributed by atoms with Gasteiger partial charge >= 0.3 is 0 Å². The number of nitrogens with one attached hydrogen (secondary N) is 1. The molecule has 1 N–H and O–H groups in total. The first-order valence-electron chi connectivity index (χ1n) is 10.5. The first-order valence-corrected chi connectivity index (χ1v) is 10.5. The summed E-state index contributed by atoms with van der Waals surface area (Å²) < 4.78 is 0. The summed E-state index contributed by atoms with van der Waals surface area (Å²) in [4.78, 5) is 21.6. The van der Waals surface area contributed by atoms with Crippen molar-refractivity contribution in [1.82, 2.24) is 9.88 Å². The molecule has 5 heteroatoms. The molecule has 1 saturated carbocycles. The minimum Gasteiger partial charge on any atom is -0.382 e. The van der Waals surface area contributed by atoms with Gasteiger partial charge in [-0.1, -0.05) is 31.4 Å². The van der Waals surface area contributed by atoms with E-state index in [1.807, 2.05) is 17.0 Å². The van der Waals surface area contributed by atoms with E-state index in [2.05, 4.69) is 46.4 Å². The van der Waals surface area contributed by atoms with E-state index < -0.39 is 0 Å². The summed E-state index contributed by atoms with van der Waals surface area (Å²) in [7, 11) is 0. The lowest BCUT2D eigenvalue weighted by Crippen LogP contribution is -2.49. The van der Waals surface area contributed by atoms with Crippen molar-refractivity contribution in [3.63, 3.8) is 0 Å². The SMILES string of the molecule is Cc1cccc(N2CCN(C(=O)c3cc(NC4CCCCC4)ccn3)CC2)c1. The van der Waals surface area contributed by atoms with Crippen molar-refractivity contribution in [1.29, 1.82) is 0 Å². The van der Waals surface area contributed by atoms with E-state index in [0.29, 0.717) is 11.7 Å². The van der Waals surface area contributed by atoms with Crippen LogP contribution in [-0.4, -0.2) is 48.0 Å². The van der Waals surface area contributed by atoms with Gasteiger partial charge in [-0.15, -0.1) is 0 Å². The molecule has 1 amide bonds. The molecular weight excluding hydrogens is 348 g/mol. The van der Waals surface area contributed by atoms with Crippen molar-refractivity contribution in [2.24, 2.45) is 0 Å². The van der Waals surface area contributed by atoms with Gasteiger partial charge in [-0.05, 0) is 49.6 Å². The molecule has 4 rings (SSSR count). The molecule has 0 unspecified atom stereocenters. The molecule has 0 radical (unpaired) electrons. The fourth-order valence-corrected chi connectivity index (χ4v) is 4.27. The van der Waals surface area contributed by atoms with Crippen LogP contribution in [0.4, 0.5) is 11.4 Å². The fraction of sp³-hybridized carbons (Fsp3) is 0.478. The Labute approximate surface area is 167 Å². The molecule has 2 fully saturated rings. The summed E-state index contributed by atoms with van der Waals surface area (Å²) in [5.41, 5.74) is 4.07. The first-order chi connectivity index (χ1) is 13.7. The van der Waals surface area contributed by atoms with Crippen molar-refractivity contribution in [2.45, 2.75) is 45.1 Å². The molecule has 5 nitrogen and oxygen atoms in total. The van der Waals surface area contributed by atoms with Crippen molar-refractivity contribution in [2.75, 3.05) is 36.4 Å². The zero-order valence-corrected chi connectivity index (χ0v) is 16.7. The van der Waals surface area contributed by atoms with Gasteiger partial charge in [0.1, 0.15) is 5.69 Å². The fourth-order valence-electron chi connectivity index (χ4n) is 4.27. The average molecular weight is 379 g/mol. The standard InChI is InChI=1S/C23H30N4O/c1-18-6-5-9-21(16-18)26-12-14-27(15-13-26)23(28)22-17-20(10-11-24-22)25-19-7-3-2-4-8-19/h5-6,9-11,16-17,19H,2-4,7-8,12-15H2,1H3,(H,24,25). The second kappa shape index (κ2) is 8.63. The number of carbonyl (C=O) groups excluding carboxylic acids is 1. The third-order valence-corrected chi connectivity index (χ3v) is 5.89. The first kappa shape index (κ1) is 18.8. The molecular formula is C23H30N4O. The highest BCUT2D eigenvalue weighted by Gasteiger charge is 2.23. The van der Waals surface area contributed by atoms with Gasteiger partial charge in [0.25, 0.3) is 5.91 Å². The maximum absolute atomic E-state index is 13.0. The number of piperazine rings is 1. The highest BCUT2D eigenvalue weighted by Crippen LogP contribution is 2.22. The highest BCUT2D eigenvalue weighted by molar-refractivity contribution is 5.93. The maximum atomic E-state index is 13.0. The second-order valence-corrected chi connectivity index (χ2v) is 8.03. The predicted octanol–water partition coefficient (Wildman–Crippen LogP) is 4.10. The zero-order valence-electron chi connectivity index (χ0n) is 16.7. The van der Waals surface area contributed by atoms with Crippen LogP contribution in [0.1, 0.15) is 48.2 Å². The summed E-state index contributed by atoms with van der Waals surface area (Å²) in [5.74, 6) is 0.0381. The number of pyridine rings is 1. The molecule has 1 aliphatic carbocycles. The van der Waals surface area contributed by atoms with Crippen LogP contribution >= 0.6 is 0 Å². The molecule has 1 aromatic heterocycles.